The van der Waals surface area contributed by atoms with Gasteiger partial charge in [-0.25, -0.2) is 9.31 Å². The Morgan fingerprint density at radius 2 is 2.27 bits per heavy atom. The van der Waals surface area contributed by atoms with Crippen LogP contribution in [0, 0.1) is 21.8 Å². The van der Waals surface area contributed by atoms with Gasteiger partial charge in [0.15, 0.2) is 0 Å². The van der Waals surface area contributed by atoms with Gasteiger partial charge in [0.2, 0.25) is 0 Å². The number of ether oxygens (including phenoxy) is 1. The number of aromatic nitrogens is 2. The summed E-state index contributed by atoms with van der Waals surface area (Å²) in [6.07, 6.45) is 3.08. The van der Waals surface area contributed by atoms with E-state index in [1.807, 2.05) is 19.1 Å². The molecule has 0 aliphatic carbocycles. The normalized spacial score (nSPS) is 10.6. The Bertz CT molecular complexity index is 1060. The van der Waals surface area contributed by atoms with E-state index < -0.39 is 5.97 Å². The molecule has 1 aromatic carbocycles. The summed E-state index contributed by atoms with van der Waals surface area (Å²) in [5.41, 5.74) is 3.52. The summed E-state index contributed by atoms with van der Waals surface area (Å²) in [5, 5.41) is 17.7. The summed E-state index contributed by atoms with van der Waals surface area (Å²) in [7, 11) is 0. The van der Waals surface area contributed by atoms with Crippen LogP contribution in [0.3, 0.4) is 0 Å². The van der Waals surface area contributed by atoms with E-state index in [9.17, 15) is 10.1 Å². The van der Waals surface area contributed by atoms with Crippen LogP contribution >= 0.6 is 34.2 Å². The number of nitriles is 1. The van der Waals surface area contributed by atoms with Crippen molar-refractivity contribution in [1.82, 2.24) is 9.61 Å². The number of anilines is 2. The zero-order valence-corrected chi connectivity index (χ0v) is 16.9. The van der Waals surface area contributed by atoms with Crippen LogP contribution < -0.4 is 5.32 Å². The van der Waals surface area contributed by atoms with Crippen molar-refractivity contribution in [3.05, 3.63) is 55.9 Å². The Labute approximate surface area is 168 Å². The van der Waals surface area contributed by atoms with Crippen molar-refractivity contribution in [2.45, 2.75) is 13.8 Å². The number of hydrogen-bond acceptors (Lipinski definition) is 5. The minimum absolute atomic E-state index is 0.287. The van der Waals surface area contributed by atoms with E-state index in [4.69, 9.17) is 16.3 Å². The first-order valence-electron chi connectivity index (χ1n) is 7.76. The van der Waals surface area contributed by atoms with Crippen LogP contribution in [0.25, 0.3) is 5.52 Å². The largest absolute Gasteiger partial charge is 0.462 e. The average molecular weight is 481 g/mol. The lowest BCUT2D eigenvalue weighted by molar-refractivity contribution is 0.0525. The first-order valence-corrected chi connectivity index (χ1v) is 9.22. The second-order valence-electron chi connectivity index (χ2n) is 5.48. The number of nitrogens with one attached hydrogen (secondary N) is 1. The number of halogens is 2. The molecule has 0 bridgehead atoms. The van der Waals surface area contributed by atoms with Gasteiger partial charge < -0.3 is 10.1 Å². The fourth-order valence-electron chi connectivity index (χ4n) is 2.64. The third-order valence-electron chi connectivity index (χ3n) is 3.86. The van der Waals surface area contributed by atoms with Crippen LogP contribution in [0.2, 0.25) is 5.02 Å². The van der Waals surface area contributed by atoms with Gasteiger partial charge in [-0.05, 0) is 60.2 Å². The van der Waals surface area contributed by atoms with Gasteiger partial charge in [0.25, 0.3) is 0 Å². The third kappa shape index (κ3) is 3.34. The van der Waals surface area contributed by atoms with Gasteiger partial charge in [-0.15, -0.1) is 0 Å². The molecule has 26 heavy (non-hydrogen) atoms. The average Bonchev–Trinajstić information content (AvgIpc) is 2.95. The van der Waals surface area contributed by atoms with Gasteiger partial charge >= 0.3 is 5.97 Å². The highest BCUT2D eigenvalue weighted by Gasteiger charge is 2.20. The molecule has 0 saturated carbocycles. The summed E-state index contributed by atoms with van der Waals surface area (Å²) in [6.45, 7) is 3.85. The molecule has 0 spiro atoms. The molecule has 0 amide bonds. The van der Waals surface area contributed by atoms with Crippen molar-refractivity contribution in [3.8, 4) is 6.07 Å². The molecule has 0 aliphatic heterocycles. The van der Waals surface area contributed by atoms with Crippen molar-refractivity contribution in [1.29, 1.82) is 5.26 Å². The van der Waals surface area contributed by atoms with Gasteiger partial charge in [-0.3, -0.25) is 0 Å². The lowest BCUT2D eigenvalue weighted by Crippen LogP contribution is -2.04. The third-order valence-corrected chi connectivity index (χ3v) is 4.99. The van der Waals surface area contributed by atoms with Gasteiger partial charge in [0, 0.05) is 14.8 Å². The highest BCUT2D eigenvalue weighted by molar-refractivity contribution is 14.1. The van der Waals surface area contributed by atoms with Crippen LogP contribution in [0.5, 0.6) is 0 Å². The Hall–Kier alpha value is -2.31. The van der Waals surface area contributed by atoms with Crippen molar-refractivity contribution in [2.75, 3.05) is 11.9 Å². The molecule has 8 heteroatoms. The predicted molar refractivity (Wildman–Crippen MR) is 108 cm³/mol. The van der Waals surface area contributed by atoms with E-state index in [1.165, 1.54) is 6.20 Å². The number of carbonyl (C=O) groups excluding carboxylic acids is 1. The maximum absolute atomic E-state index is 12.2. The molecule has 3 rings (SSSR count). The number of rotatable bonds is 4. The molecule has 0 saturated heterocycles. The van der Waals surface area contributed by atoms with Crippen LogP contribution in [-0.2, 0) is 4.74 Å². The van der Waals surface area contributed by atoms with Gasteiger partial charge in [-0.2, -0.15) is 10.4 Å². The quantitative estimate of drug-likeness (QED) is 0.433. The second kappa shape index (κ2) is 7.51. The molecule has 132 valence electrons. The summed E-state index contributed by atoms with van der Waals surface area (Å²) < 4.78 is 7.59. The van der Waals surface area contributed by atoms with Crippen LogP contribution in [0.4, 0.5) is 11.4 Å². The molecule has 0 radical (unpaired) electrons. The minimum Gasteiger partial charge on any atom is -0.462 e. The SMILES string of the molecule is CCOC(=O)c1cn2ncc(C#N)c(Nc3ccc(Cl)cc3I)c2c1C. The van der Waals surface area contributed by atoms with Gasteiger partial charge in [-0.1, -0.05) is 11.6 Å². The monoisotopic (exact) mass is 480 g/mol. The molecule has 1 N–H and O–H groups in total. The summed E-state index contributed by atoms with van der Waals surface area (Å²) in [4.78, 5) is 12.2. The zero-order valence-electron chi connectivity index (χ0n) is 14.0. The van der Waals surface area contributed by atoms with Crippen molar-refractivity contribution in [3.63, 3.8) is 0 Å². The summed E-state index contributed by atoms with van der Waals surface area (Å²) in [6, 6.07) is 7.58. The first kappa shape index (κ1) is 18.5. The number of nitrogens with zero attached hydrogens (tertiary/aromatic N) is 3. The van der Waals surface area contributed by atoms with Crippen molar-refractivity contribution < 1.29 is 9.53 Å². The molecular weight excluding hydrogens is 467 g/mol. The van der Waals surface area contributed by atoms with Crippen LogP contribution in [0.15, 0.2) is 30.6 Å². The Kier molecular flexibility index (Phi) is 5.34. The van der Waals surface area contributed by atoms with Crippen LogP contribution in [0.1, 0.15) is 28.4 Å². The van der Waals surface area contributed by atoms with E-state index >= 15 is 0 Å². The van der Waals surface area contributed by atoms with Crippen molar-refractivity contribution >= 4 is 57.1 Å². The molecular formula is C18H14ClIN4O2. The number of carbonyl (C=O) groups is 1. The minimum atomic E-state index is -0.416. The molecule has 2 heterocycles. The second-order valence-corrected chi connectivity index (χ2v) is 7.07. The number of benzene rings is 1. The predicted octanol–water partition coefficient (Wildman–Crippen LogP) is 4.69. The van der Waals surface area contributed by atoms with E-state index in [2.05, 4.69) is 39.1 Å². The molecule has 2 aromatic heterocycles. The fourth-order valence-corrected chi connectivity index (χ4v) is 3.65. The Morgan fingerprint density at radius 3 is 2.92 bits per heavy atom. The van der Waals surface area contributed by atoms with E-state index in [1.54, 1.807) is 23.7 Å². The maximum atomic E-state index is 12.2. The maximum Gasteiger partial charge on any atom is 0.340 e. The molecule has 0 fully saturated rings. The summed E-state index contributed by atoms with van der Waals surface area (Å²) >= 11 is 8.19. The molecule has 0 atom stereocenters. The highest BCUT2D eigenvalue weighted by Crippen LogP contribution is 2.32. The molecule has 6 nitrogen and oxygen atoms in total. The first-order chi connectivity index (χ1) is 12.5. The van der Waals surface area contributed by atoms with Crippen molar-refractivity contribution in [2.24, 2.45) is 0 Å². The smallest absolute Gasteiger partial charge is 0.340 e. The van der Waals surface area contributed by atoms with E-state index in [0.29, 0.717) is 32.9 Å². The van der Waals surface area contributed by atoms with Gasteiger partial charge in [0.05, 0.1) is 40.8 Å². The highest BCUT2D eigenvalue weighted by atomic mass is 127. The fraction of sp³-hybridized carbons (Fsp3) is 0.167. The lowest BCUT2D eigenvalue weighted by atomic mass is 10.1. The molecule has 0 unspecified atom stereocenters. The molecule has 3 aromatic rings. The van der Waals surface area contributed by atoms with E-state index in [0.717, 1.165) is 9.26 Å². The zero-order chi connectivity index (χ0) is 18.8. The van der Waals surface area contributed by atoms with E-state index in [-0.39, 0.29) is 6.61 Å². The Balaban J connectivity index is 2.19. The number of fused-ring (bicyclic) bond motifs is 1. The Morgan fingerprint density at radius 1 is 1.50 bits per heavy atom. The lowest BCUT2D eigenvalue weighted by Gasteiger charge is -2.12. The molecule has 0 aliphatic rings. The topological polar surface area (TPSA) is 79.4 Å². The summed E-state index contributed by atoms with van der Waals surface area (Å²) in [5.74, 6) is -0.416. The number of aryl methyl sites for hydroxylation is 1. The van der Waals surface area contributed by atoms with Gasteiger partial charge in [0.1, 0.15) is 6.07 Å². The number of esters is 1. The van der Waals surface area contributed by atoms with Crippen LogP contribution in [-0.4, -0.2) is 22.2 Å². The number of hydrogen-bond donors (Lipinski definition) is 1. The standard InChI is InChI=1S/C18H14ClIN4O2/c1-3-26-18(25)13-9-24-17(10(13)2)16(11(7-21)8-22-24)23-15-5-4-12(19)6-14(15)20/h4-6,8-9,23H,3H2,1-2H3.